The van der Waals surface area contributed by atoms with Crippen molar-refractivity contribution in [3.8, 4) is 11.4 Å². The van der Waals surface area contributed by atoms with Crippen LogP contribution in [0.4, 0.5) is 10.1 Å². The maximum atomic E-state index is 13.2. The molecule has 0 atom stereocenters. The Morgan fingerprint density at radius 3 is 2.83 bits per heavy atom. The second-order valence-corrected chi connectivity index (χ2v) is 5.09. The van der Waals surface area contributed by atoms with Gasteiger partial charge >= 0.3 is 0 Å². The van der Waals surface area contributed by atoms with Crippen LogP contribution < -0.4 is 5.32 Å². The largest absolute Gasteiger partial charge is 0.323 e. The van der Waals surface area contributed by atoms with Crippen molar-refractivity contribution in [3.05, 3.63) is 59.4 Å². The fourth-order valence-corrected chi connectivity index (χ4v) is 2.12. The average molecular weight is 332 g/mol. The molecule has 1 N–H and O–H groups in total. The van der Waals surface area contributed by atoms with Crippen LogP contribution in [-0.2, 0) is 11.3 Å². The number of amides is 1. The Labute approximate surface area is 135 Å². The third-order valence-electron chi connectivity index (χ3n) is 2.97. The number of carbonyl (C=O) groups excluding carboxylic acids is 1. The molecule has 23 heavy (non-hydrogen) atoms. The Bertz CT molecular complexity index is 851. The van der Waals surface area contributed by atoms with E-state index in [1.165, 1.54) is 12.1 Å². The maximum Gasteiger partial charge on any atom is 0.248 e. The van der Waals surface area contributed by atoms with Gasteiger partial charge in [0, 0.05) is 5.56 Å². The van der Waals surface area contributed by atoms with Gasteiger partial charge in [0.25, 0.3) is 0 Å². The van der Waals surface area contributed by atoms with Gasteiger partial charge in [-0.3, -0.25) is 4.79 Å². The van der Waals surface area contributed by atoms with Crippen molar-refractivity contribution in [3.63, 3.8) is 0 Å². The van der Waals surface area contributed by atoms with E-state index in [4.69, 9.17) is 11.6 Å². The molecule has 0 unspecified atom stereocenters. The van der Waals surface area contributed by atoms with Crippen LogP contribution >= 0.6 is 11.6 Å². The number of carbonyl (C=O) groups is 1. The molecular weight excluding hydrogens is 321 g/mol. The van der Waals surface area contributed by atoms with Crippen molar-refractivity contribution < 1.29 is 9.18 Å². The van der Waals surface area contributed by atoms with Gasteiger partial charge in [-0.2, -0.15) is 4.80 Å². The predicted molar refractivity (Wildman–Crippen MR) is 83.3 cm³/mol. The highest BCUT2D eigenvalue weighted by molar-refractivity contribution is 6.33. The number of nitrogens with one attached hydrogen (secondary N) is 1. The van der Waals surface area contributed by atoms with Crippen LogP contribution in [-0.4, -0.2) is 26.1 Å². The number of aromatic nitrogens is 4. The molecule has 0 bridgehead atoms. The van der Waals surface area contributed by atoms with E-state index in [1.54, 1.807) is 36.4 Å². The molecule has 0 aliphatic rings. The lowest BCUT2D eigenvalue weighted by atomic mass is 10.2. The molecule has 1 aromatic heterocycles. The smallest absolute Gasteiger partial charge is 0.248 e. The molecule has 116 valence electrons. The van der Waals surface area contributed by atoms with Gasteiger partial charge in [0.15, 0.2) is 0 Å². The Morgan fingerprint density at radius 1 is 1.22 bits per heavy atom. The van der Waals surface area contributed by atoms with Gasteiger partial charge in [-0.25, -0.2) is 4.39 Å². The highest BCUT2D eigenvalue weighted by Gasteiger charge is 2.11. The van der Waals surface area contributed by atoms with Crippen molar-refractivity contribution in [2.24, 2.45) is 0 Å². The maximum absolute atomic E-state index is 13.2. The lowest BCUT2D eigenvalue weighted by Gasteiger charge is -2.05. The molecule has 0 radical (unpaired) electrons. The van der Waals surface area contributed by atoms with Gasteiger partial charge in [0.05, 0.1) is 10.7 Å². The summed E-state index contributed by atoms with van der Waals surface area (Å²) in [6.45, 7) is -0.131. The first kappa shape index (κ1) is 15.1. The van der Waals surface area contributed by atoms with Crippen molar-refractivity contribution in [2.45, 2.75) is 6.54 Å². The molecule has 6 nitrogen and oxygen atoms in total. The lowest BCUT2D eigenvalue weighted by molar-refractivity contribution is -0.117. The Morgan fingerprint density at radius 2 is 2.04 bits per heavy atom. The number of anilines is 1. The minimum Gasteiger partial charge on any atom is -0.323 e. The second kappa shape index (κ2) is 6.53. The molecule has 3 aromatic rings. The molecule has 8 heteroatoms. The standard InChI is InChI=1S/C15H11ClFN5O/c16-12-6-1-2-7-13(12)18-14(23)9-22-20-15(19-21-22)10-4-3-5-11(17)8-10/h1-8H,9H2,(H,18,23). The van der Waals surface area contributed by atoms with E-state index in [1.807, 2.05) is 0 Å². The van der Waals surface area contributed by atoms with Gasteiger partial charge in [-0.05, 0) is 29.5 Å². The molecule has 0 spiro atoms. The first-order valence-electron chi connectivity index (χ1n) is 6.70. The zero-order valence-electron chi connectivity index (χ0n) is 11.8. The fraction of sp³-hybridized carbons (Fsp3) is 0.0667. The predicted octanol–water partition coefficient (Wildman–Crippen LogP) is 2.77. The van der Waals surface area contributed by atoms with Crippen LogP contribution in [0.1, 0.15) is 0 Å². The topological polar surface area (TPSA) is 72.7 Å². The number of benzene rings is 2. The number of halogens is 2. The Hall–Kier alpha value is -2.80. The minimum atomic E-state index is -0.393. The normalized spacial score (nSPS) is 10.5. The molecule has 0 aliphatic heterocycles. The zero-order chi connectivity index (χ0) is 16.2. The van der Waals surface area contributed by atoms with E-state index in [2.05, 4.69) is 20.7 Å². The molecule has 2 aromatic carbocycles. The van der Waals surface area contributed by atoms with E-state index >= 15 is 0 Å². The first-order chi connectivity index (χ1) is 11.1. The first-order valence-corrected chi connectivity index (χ1v) is 7.08. The van der Waals surface area contributed by atoms with Crippen molar-refractivity contribution >= 4 is 23.2 Å². The van der Waals surface area contributed by atoms with Gasteiger partial charge < -0.3 is 5.32 Å². The van der Waals surface area contributed by atoms with E-state index in [9.17, 15) is 9.18 Å². The second-order valence-electron chi connectivity index (χ2n) is 4.68. The van der Waals surface area contributed by atoms with Crippen molar-refractivity contribution in [1.82, 2.24) is 20.2 Å². The summed E-state index contributed by atoms with van der Waals surface area (Å²) >= 11 is 5.97. The summed E-state index contributed by atoms with van der Waals surface area (Å²) in [6.07, 6.45) is 0. The molecular formula is C15H11ClFN5O. The number of tetrazole rings is 1. The molecule has 1 heterocycles. The molecule has 0 saturated heterocycles. The number of rotatable bonds is 4. The van der Waals surface area contributed by atoms with Crippen LogP contribution in [0.15, 0.2) is 48.5 Å². The lowest BCUT2D eigenvalue weighted by Crippen LogP contribution is -2.20. The van der Waals surface area contributed by atoms with E-state index in [0.717, 1.165) is 4.80 Å². The summed E-state index contributed by atoms with van der Waals surface area (Å²) < 4.78 is 13.2. The van der Waals surface area contributed by atoms with Crippen LogP contribution in [0.5, 0.6) is 0 Å². The van der Waals surface area contributed by atoms with Gasteiger partial charge in [0.1, 0.15) is 12.4 Å². The Balaban J connectivity index is 1.69. The third kappa shape index (κ3) is 3.70. The van der Waals surface area contributed by atoms with E-state index < -0.39 is 5.82 Å². The van der Waals surface area contributed by atoms with Gasteiger partial charge in [-0.1, -0.05) is 35.9 Å². The van der Waals surface area contributed by atoms with E-state index in [0.29, 0.717) is 16.3 Å². The highest BCUT2D eigenvalue weighted by Crippen LogP contribution is 2.20. The number of hydrogen-bond acceptors (Lipinski definition) is 4. The number of hydrogen-bond donors (Lipinski definition) is 1. The molecule has 3 rings (SSSR count). The summed E-state index contributed by atoms with van der Waals surface area (Å²) in [5.41, 5.74) is 0.993. The summed E-state index contributed by atoms with van der Waals surface area (Å²) in [4.78, 5) is 13.1. The molecule has 0 aliphatic carbocycles. The quantitative estimate of drug-likeness (QED) is 0.798. The summed E-state index contributed by atoms with van der Waals surface area (Å²) in [5.74, 6) is -0.494. The minimum absolute atomic E-state index is 0.131. The highest BCUT2D eigenvalue weighted by atomic mass is 35.5. The summed E-state index contributed by atoms with van der Waals surface area (Å²) in [5, 5.41) is 14.8. The molecule has 0 saturated carbocycles. The van der Waals surface area contributed by atoms with Crippen molar-refractivity contribution in [1.29, 1.82) is 0 Å². The summed E-state index contributed by atoms with van der Waals surface area (Å²) in [7, 11) is 0. The van der Waals surface area contributed by atoms with Crippen LogP contribution in [0.3, 0.4) is 0 Å². The molecule has 1 amide bonds. The number of para-hydroxylation sites is 1. The average Bonchev–Trinajstić information content (AvgIpc) is 2.98. The SMILES string of the molecule is O=C(Cn1nnc(-c2cccc(F)c2)n1)Nc1ccccc1Cl. The Kier molecular flexibility index (Phi) is 4.29. The fourth-order valence-electron chi connectivity index (χ4n) is 1.93. The monoisotopic (exact) mass is 331 g/mol. The molecule has 0 fully saturated rings. The van der Waals surface area contributed by atoms with Crippen LogP contribution in [0.25, 0.3) is 11.4 Å². The van der Waals surface area contributed by atoms with Crippen molar-refractivity contribution in [2.75, 3.05) is 5.32 Å². The third-order valence-corrected chi connectivity index (χ3v) is 3.30. The summed E-state index contributed by atoms with van der Waals surface area (Å²) in [6, 6.07) is 12.7. The van der Waals surface area contributed by atoms with Crippen LogP contribution in [0, 0.1) is 5.82 Å². The van der Waals surface area contributed by atoms with Crippen LogP contribution in [0.2, 0.25) is 5.02 Å². The van der Waals surface area contributed by atoms with E-state index in [-0.39, 0.29) is 18.3 Å². The number of nitrogens with zero attached hydrogens (tertiary/aromatic N) is 4. The zero-order valence-corrected chi connectivity index (χ0v) is 12.5. The van der Waals surface area contributed by atoms with Gasteiger partial charge in [-0.15, -0.1) is 10.2 Å². The van der Waals surface area contributed by atoms with Gasteiger partial charge in [0.2, 0.25) is 11.7 Å².